The molecule has 0 rings (SSSR count). The predicted octanol–water partition coefficient (Wildman–Crippen LogP) is 0.192. The first-order chi connectivity index (χ1) is 6.99. The Morgan fingerprint density at radius 3 is 2.60 bits per heavy atom. The van der Waals surface area contributed by atoms with Crippen LogP contribution in [-0.4, -0.2) is 24.3 Å². The van der Waals surface area contributed by atoms with Crippen LogP contribution in [0.3, 0.4) is 0 Å². The lowest BCUT2D eigenvalue weighted by atomic mass is 9.95. The number of rotatable bonds is 7. The van der Waals surface area contributed by atoms with Gasteiger partial charge in [-0.25, -0.2) is 0 Å². The second-order valence-electron chi connectivity index (χ2n) is 3.80. The van der Waals surface area contributed by atoms with Gasteiger partial charge in [-0.05, 0) is 19.3 Å². The first-order valence-corrected chi connectivity index (χ1v) is 5.36. The van der Waals surface area contributed by atoms with Crippen molar-refractivity contribution in [3.8, 4) is 0 Å². The third-order valence-corrected chi connectivity index (χ3v) is 2.47. The van der Waals surface area contributed by atoms with E-state index in [-0.39, 0.29) is 23.7 Å². The molecule has 0 radical (unpaired) electrons. The first-order valence-electron chi connectivity index (χ1n) is 5.36. The summed E-state index contributed by atoms with van der Waals surface area (Å²) in [5, 5.41) is 9.61. The third-order valence-electron chi connectivity index (χ3n) is 2.47. The van der Waals surface area contributed by atoms with Crippen molar-refractivity contribution in [2.75, 3.05) is 6.54 Å². The highest BCUT2D eigenvalue weighted by Crippen LogP contribution is 2.07. The van der Waals surface area contributed by atoms with Gasteiger partial charge < -0.3 is 16.8 Å². The summed E-state index contributed by atoms with van der Waals surface area (Å²) >= 11 is 0. The normalized spacial score (nSPS) is 14.3. The summed E-state index contributed by atoms with van der Waals surface area (Å²) in [5.74, 6) is 0.123. The fourth-order valence-electron chi connectivity index (χ4n) is 1.25. The number of nitrogens with two attached hydrogens (primary N) is 2. The molecule has 5 nitrogen and oxygen atoms in total. The molecule has 88 valence electrons. The highest BCUT2D eigenvalue weighted by molar-refractivity contribution is 5.85. The fraction of sp³-hybridized carbons (Fsp3) is 0.800. The Bertz CT molecular complexity index is 217. The Morgan fingerprint density at radius 1 is 1.53 bits per heavy atom. The molecule has 0 aromatic rings. The minimum atomic E-state index is -0.381. The van der Waals surface area contributed by atoms with Gasteiger partial charge in [-0.1, -0.05) is 13.8 Å². The van der Waals surface area contributed by atoms with Crippen LogP contribution in [-0.2, 0) is 4.79 Å². The number of ketones is 1. The minimum absolute atomic E-state index is 0.0424. The molecule has 0 saturated carbocycles. The Kier molecular flexibility index (Phi) is 6.70. The van der Waals surface area contributed by atoms with Crippen molar-refractivity contribution >= 4 is 11.7 Å². The number of guanidine groups is 1. The van der Waals surface area contributed by atoms with Crippen LogP contribution in [0.5, 0.6) is 0 Å². The predicted molar refractivity (Wildman–Crippen MR) is 61.6 cm³/mol. The molecule has 2 unspecified atom stereocenters. The molecule has 2 atom stereocenters. The summed E-state index contributed by atoms with van der Waals surface area (Å²) in [7, 11) is 0. The second-order valence-corrected chi connectivity index (χ2v) is 3.80. The summed E-state index contributed by atoms with van der Waals surface area (Å²) in [6.45, 7) is 4.47. The maximum Gasteiger partial charge on any atom is 0.185 e. The van der Waals surface area contributed by atoms with E-state index >= 15 is 0 Å². The van der Waals surface area contributed by atoms with Crippen molar-refractivity contribution in [2.24, 2.45) is 17.4 Å². The minimum Gasteiger partial charge on any atom is -0.370 e. The average Bonchev–Trinajstić information content (AvgIpc) is 2.21. The molecule has 0 heterocycles. The van der Waals surface area contributed by atoms with Crippen LogP contribution in [0, 0.1) is 11.3 Å². The van der Waals surface area contributed by atoms with Crippen LogP contribution in [0.2, 0.25) is 0 Å². The van der Waals surface area contributed by atoms with Gasteiger partial charge in [0.2, 0.25) is 0 Å². The van der Waals surface area contributed by atoms with Crippen LogP contribution >= 0.6 is 0 Å². The van der Waals surface area contributed by atoms with Crippen molar-refractivity contribution in [3.05, 3.63) is 0 Å². The molecular weight excluding hydrogens is 192 g/mol. The maximum absolute atomic E-state index is 11.6. The smallest absolute Gasteiger partial charge is 0.185 e. The van der Waals surface area contributed by atoms with Gasteiger partial charge in [0.05, 0.1) is 6.04 Å². The van der Waals surface area contributed by atoms with Gasteiger partial charge in [-0.15, -0.1) is 0 Å². The number of carbonyl (C=O) groups excluding carboxylic acids is 1. The van der Waals surface area contributed by atoms with Crippen molar-refractivity contribution in [1.82, 2.24) is 5.32 Å². The number of Topliss-reactive ketones (excluding diaryl/α,β-unsaturated/α-hetero) is 1. The van der Waals surface area contributed by atoms with Gasteiger partial charge in [0.25, 0.3) is 0 Å². The molecule has 0 saturated heterocycles. The monoisotopic (exact) mass is 214 g/mol. The van der Waals surface area contributed by atoms with Crippen molar-refractivity contribution in [3.63, 3.8) is 0 Å². The quantitative estimate of drug-likeness (QED) is 0.276. The molecule has 0 bridgehead atoms. The Labute approximate surface area is 91.1 Å². The standard InChI is InChI=1S/C10H22N4O/c1-3-7(2)9(15)8(11)5-4-6-14-10(12)13/h7-8H,3-6,11H2,1-2H3,(H4,12,13,14). The molecule has 0 aromatic heterocycles. The van der Waals surface area contributed by atoms with Gasteiger partial charge in [-0.3, -0.25) is 10.2 Å². The van der Waals surface area contributed by atoms with E-state index in [1.54, 1.807) is 0 Å². The summed E-state index contributed by atoms with van der Waals surface area (Å²) in [6.07, 6.45) is 2.23. The van der Waals surface area contributed by atoms with E-state index in [2.05, 4.69) is 5.32 Å². The molecule has 6 N–H and O–H groups in total. The van der Waals surface area contributed by atoms with Crippen molar-refractivity contribution < 1.29 is 4.79 Å². The van der Waals surface area contributed by atoms with Crippen LogP contribution in [0.15, 0.2) is 0 Å². The van der Waals surface area contributed by atoms with E-state index in [0.29, 0.717) is 13.0 Å². The molecule has 15 heavy (non-hydrogen) atoms. The maximum atomic E-state index is 11.6. The Balaban J connectivity index is 3.69. The van der Waals surface area contributed by atoms with Crippen molar-refractivity contribution in [2.45, 2.75) is 39.2 Å². The molecule has 0 aliphatic heterocycles. The van der Waals surface area contributed by atoms with Crippen LogP contribution in [0.1, 0.15) is 33.1 Å². The number of nitrogens with one attached hydrogen (secondary N) is 2. The molecule has 0 aliphatic carbocycles. The Hall–Kier alpha value is -1.10. The van der Waals surface area contributed by atoms with Gasteiger partial charge in [-0.2, -0.15) is 0 Å². The summed E-state index contributed by atoms with van der Waals surface area (Å²) in [5.41, 5.74) is 10.9. The van der Waals surface area contributed by atoms with Crippen LogP contribution in [0.25, 0.3) is 0 Å². The first kappa shape index (κ1) is 13.9. The molecule has 0 amide bonds. The van der Waals surface area contributed by atoms with Crippen molar-refractivity contribution in [1.29, 1.82) is 5.41 Å². The lowest BCUT2D eigenvalue weighted by Gasteiger charge is -2.14. The molecule has 5 heteroatoms. The molecular formula is C10H22N4O. The van der Waals surface area contributed by atoms with E-state index < -0.39 is 0 Å². The topological polar surface area (TPSA) is 105 Å². The average molecular weight is 214 g/mol. The zero-order valence-corrected chi connectivity index (χ0v) is 9.55. The van der Waals surface area contributed by atoms with E-state index in [0.717, 1.165) is 12.8 Å². The van der Waals surface area contributed by atoms with E-state index in [1.807, 2.05) is 13.8 Å². The van der Waals surface area contributed by atoms with Gasteiger partial charge in [0.1, 0.15) is 0 Å². The third kappa shape index (κ3) is 6.06. The summed E-state index contributed by atoms with van der Waals surface area (Å²) in [4.78, 5) is 11.6. The highest BCUT2D eigenvalue weighted by atomic mass is 16.1. The summed E-state index contributed by atoms with van der Waals surface area (Å²) < 4.78 is 0. The zero-order valence-electron chi connectivity index (χ0n) is 9.55. The largest absolute Gasteiger partial charge is 0.370 e. The van der Waals surface area contributed by atoms with Gasteiger partial charge in [0.15, 0.2) is 11.7 Å². The van der Waals surface area contributed by atoms with Crippen LogP contribution < -0.4 is 16.8 Å². The van der Waals surface area contributed by atoms with Crippen LogP contribution in [0.4, 0.5) is 0 Å². The van der Waals surface area contributed by atoms with E-state index in [1.165, 1.54) is 0 Å². The fourth-order valence-corrected chi connectivity index (χ4v) is 1.25. The lowest BCUT2D eigenvalue weighted by Crippen LogP contribution is -2.36. The van der Waals surface area contributed by atoms with Gasteiger partial charge in [0, 0.05) is 12.5 Å². The number of hydrogen-bond donors (Lipinski definition) is 4. The number of carbonyl (C=O) groups is 1. The van der Waals surface area contributed by atoms with E-state index in [9.17, 15) is 4.79 Å². The van der Waals surface area contributed by atoms with E-state index in [4.69, 9.17) is 16.9 Å². The zero-order chi connectivity index (χ0) is 11.8. The molecule has 0 aromatic carbocycles. The van der Waals surface area contributed by atoms with Gasteiger partial charge >= 0.3 is 0 Å². The second kappa shape index (κ2) is 7.23. The molecule has 0 spiro atoms. The Morgan fingerprint density at radius 2 is 2.13 bits per heavy atom. The highest BCUT2D eigenvalue weighted by Gasteiger charge is 2.18. The number of hydrogen-bond acceptors (Lipinski definition) is 3. The lowest BCUT2D eigenvalue weighted by molar-refractivity contribution is -0.123. The summed E-state index contributed by atoms with van der Waals surface area (Å²) in [6, 6.07) is -0.381. The SMILES string of the molecule is CCC(C)C(=O)C(N)CCCNC(=N)N. The molecule has 0 fully saturated rings. The molecule has 0 aliphatic rings.